The van der Waals surface area contributed by atoms with Crippen LogP contribution in [0.2, 0.25) is 0 Å². The first-order valence-electron chi connectivity index (χ1n) is 13.2. The van der Waals surface area contributed by atoms with E-state index >= 15 is 4.39 Å². The second-order valence-corrected chi connectivity index (χ2v) is 11.4. The number of carboxylic acid groups (broad SMARTS) is 1. The van der Waals surface area contributed by atoms with Crippen molar-refractivity contribution < 1.29 is 32.2 Å². The fourth-order valence-corrected chi connectivity index (χ4v) is 6.42. The van der Waals surface area contributed by atoms with E-state index in [0.717, 1.165) is 12.1 Å². The number of hydrogen-bond donors (Lipinski definition) is 2. The number of aromatic nitrogens is 1. The maximum atomic E-state index is 15.9. The minimum absolute atomic E-state index is 0.0505. The zero-order valence-corrected chi connectivity index (χ0v) is 23.1. The Morgan fingerprint density at radius 3 is 2.52 bits per heavy atom. The van der Waals surface area contributed by atoms with Crippen molar-refractivity contribution in [2.45, 2.75) is 49.7 Å². The van der Waals surface area contributed by atoms with E-state index in [-0.39, 0.29) is 19.4 Å². The Balaban J connectivity index is 1.40. The van der Waals surface area contributed by atoms with Gasteiger partial charge < -0.3 is 20.5 Å². The fourth-order valence-electron chi connectivity index (χ4n) is 5.47. The lowest BCUT2D eigenvalue weighted by atomic mass is 9.71. The number of aliphatic carboxylic acids is 1. The highest BCUT2D eigenvalue weighted by Crippen LogP contribution is 2.43. The number of nitrogens with two attached hydrogens (primary N) is 1. The predicted molar refractivity (Wildman–Crippen MR) is 147 cm³/mol. The smallest absolute Gasteiger partial charge is 0.303 e. The third kappa shape index (κ3) is 7.05. The molecule has 2 heterocycles. The number of fused-ring (bicyclic) bond motifs is 1. The number of piperidine rings is 1. The summed E-state index contributed by atoms with van der Waals surface area (Å²) in [5.74, 6) is -3.73. The van der Waals surface area contributed by atoms with Crippen LogP contribution in [0.25, 0.3) is 10.9 Å². The molecule has 0 bridgehead atoms. The molecule has 11 heteroatoms. The molecule has 2 aromatic carbocycles. The highest BCUT2D eigenvalue weighted by Gasteiger charge is 2.37. The van der Waals surface area contributed by atoms with Crippen molar-refractivity contribution in [3.05, 3.63) is 65.1 Å². The molecule has 3 aromatic rings. The molecule has 1 saturated heterocycles. The molecule has 1 atom stereocenters. The fraction of sp³-hybridized carbons (Fsp3) is 0.448. The predicted octanol–water partition coefficient (Wildman–Crippen LogP) is 6.26. The van der Waals surface area contributed by atoms with E-state index in [4.69, 9.17) is 10.5 Å². The van der Waals surface area contributed by atoms with Crippen molar-refractivity contribution in [1.82, 2.24) is 9.88 Å². The van der Waals surface area contributed by atoms with Gasteiger partial charge in [0.25, 0.3) is 0 Å². The van der Waals surface area contributed by atoms with E-state index in [9.17, 15) is 23.1 Å². The minimum atomic E-state index is -1.48. The molecule has 1 fully saturated rings. The number of methoxy groups -OCH3 is 1. The van der Waals surface area contributed by atoms with Crippen LogP contribution in [0, 0.1) is 22.9 Å². The van der Waals surface area contributed by atoms with Crippen LogP contribution in [0.15, 0.2) is 41.4 Å². The van der Waals surface area contributed by atoms with Gasteiger partial charge in [0.05, 0.1) is 19.0 Å². The maximum Gasteiger partial charge on any atom is 0.303 e. The number of thioether (sulfide) groups is 1. The minimum Gasteiger partial charge on any atom is -0.497 e. The topological polar surface area (TPSA) is 88.7 Å². The van der Waals surface area contributed by atoms with Crippen LogP contribution in [-0.4, -0.2) is 53.5 Å². The summed E-state index contributed by atoms with van der Waals surface area (Å²) in [7, 11) is 1.54. The number of pyridine rings is 1. The summed E-state index contributed by atoms with van der Waals surface area (Å²) >= 11 is 1.22. The number of carboxylic acids is 1. The molecule has 0 saturated carbocycles. The molecule has 40 heavy (non-hydrogen) atoms. The molecule has 1 aromatic heterocycles. The number of likely N-dealkylation sites (tertiary alicyclic amines) is 1. The highest BCUT2D eigenvalue weighted by atomic mass is 32.2. The summed E-state index contributed by atoms with van der Waals surface area (Å²) in [5.41, 5.74) is 7.08. The van der Waals surface area contributed by atoms with Crippen molar-refractivity contribution in [1.29, 1.82) is 0 Å². The van der Waals surface area contributed by atoms with Crippen molar-refractivity contribution in [2.75, 3.05) is 32.5 Å². The standard InChI is InChI=1S/C29H33F4N3O3S/c1-39-19-2-3-25-21(12-19)27(18(16-34)17-35-25)22(30)4-5-29(15-26(37)38)6-8-36(9-7-29)10-11-40-20-13-23(31)28(33)24(32)14-20/h2-3,12-14,17,22H,4-11,15-16,34H2,1H3,(H,37,38). The molecule has 216 valence electrons. The number of rotatable bonds is 12. The van der Waals surface area contributed by atoms with Crippen LogP contribution in [-0.2, 0) is 11.3 Å². The quantitative estimate of drug-likeness (QED) is 0.149. The normalized spacial score (nSPS) is 16.2. The molecule has 4 rings (SSSR count). The lowest BCUT2D eigenvalue weighted by molar-refractivity contribution is -0.141. The summed E-state index contributed by atoms with van der Waals surface area (Å²) in [6.07, 6.45) is 1.91. The number of alkyl halides is 1. The van der Waals surface area contributed by atoms with Crippen molar-refractivity contribution in [2.24, 2.45) is 11.1 Å². The van der Waals surface area contributed by atoms with Crippen LogP contribution in [0.5, 0.6) is 5.75 Å². The zero-order valence-electron chi connectivity index (χ0n) is 22.3. The van der Waals surface area contributed by atoms with E-state index < -0.39 is 35.0 Å². The molecule has 3 N–H and O–H groups in total. The van der Waals surface area contributed by atoms with Gasteiger partial charge >= 0.3 is 5.97 Å². The molecule has 1 unspecified atom stereocenters. The van der Waals surface area contributed by atoms with Crippen LogP contribution < -0.4 is 10.5 Å². The van der Waals surface area contributed by atoms with E-state index in [0.29, 0.717) is 77.3 Å². The number of ether oxygens (including phenoxy) is 1. The summed E-state index contributed by atoms with van der Waals surface area (Å²) in [6, 6.07) is 7.24. The third-order valence-electron chi connectivity index (χ3n) is 7.74. The van der Waals surface area contributed by atoms with Gasteiger partial charge in [-0.1, -0.05) is 0 Å². The summed E-state index contributed by atoms with van der Waals surface area (Å²) in [6.45, 7) is 1.99. The summed E-state index contributed by atoms with van der Waals surface area (Å²) in [5, 5.41) is 10.3. The Labute approximate surface area is 234 Å². The van der Waals surface area contributed by atoms with E-state index in [2.05, 4.69) is 9.88 Å². The molecule has 0 radical (unpaired) electrons. The lowest BCUT2D eigenvalue weighted by Crippen LogP contribution is -2.42. The Kier molecular flexibility index (Phi) is 9.91. The van der Waals surface area contributed by atoms with Crippen LogP contribution >= 0.6 is 11.8 Å². The van der Waals surface area contributed by atoms with Gasteiger partial charge in [-0.2, -0.15) is 0 Å². The average molecular weight is 580 g/mol. The zero-order chi connectivity index (χ0) is 28.9. The third-order valence-corrected chi connectivity index (χ3v) is 8.69. The second kappa shape index (κ2) is 13.2. The molecule has 1 aliphatic heterocycles. The molecular weight excluding hydrogens is 546 g/mol. The monoisotopic (exact) mass is 579 g/mol. The van der Waals surface area contributed by atoms with E-state index in [1.807, 2.05) is 0 Å². The van der Waals surface area contributed by atoms with Gasteiger partial charge in [0, 0.05) is 40.9 Å². The first-order valence-corrected chi connectivity index (χ1v) is 14.1. The van der Waals surface area contributed by atoms with Gasteiger partial charge in [0.2, 0.25) is 0 Å². The van der Waals surface area contributed by atoms with Gasteiger partial charge in [0.1, 0.15) is 11.9 Å². The number of hydrogen-bond acceptors (Lipinski definition) is 6. The Hall–Kier alpha value is -2.89. The molecule has 6 nitrogen and oxygen atoms in total. The van der Waals surface area contributed by atoms with Crippen LogP contribution in [0.3, 0.4) is 0 Å². The Morgan fingerprint density at radius 2 is 1.90 bits per heavy atom. The highest BCUT2D eigenvalue weighted by molar-refractivity contribution is 7.99. The van der Waals surface area contributed by atoms with Gasteiger partial charge in [-0.15, -0.1) is 11.8 Å². The van der Waals surface area contributed by atoms with Crippen LogP contribution in [0.1, 0.15) is 49.4 Å². The van der Waals surface area contributed by atoms with Crippen molar-refractivity contribution >= 4 is 28.6 Å². The van der Waals surface area contributed by atoms with Gasteiger partial charge in [-0.05, 0) is 80.1 Å². The van der Waals surface area contributed by atoms with Gasteiger partial charge in [0.15, 0.2) is 17.5 Å². The lowest BCUT2D eigenvalue weighted by Gasteiger charge is -2.41. The number of halogens is 4. The van der Waals surface area contributed by atoms with Gasteiger partial charge in [-0.25, -0.2) is 17.6 Å². The van der Waals surface area contributed by atoms with Crippen LogP contribution in [0.4, 0.5) is 17.6 Å². The van der Waals surface area contributed by atoms with Crippen molar-refractivity contribution in [3.63, 3.8) is 0 Å². The first kappa shape index (κ1) is 30.1. The van der Waals surface area contributed by atoms with Gasteiger partial charge in [-0.3, -0.25) is 9.78 Å². The first-order chi connectivity index (χ1) is 19.1. The van der Waals surface area contributed by atoms with E-state index in [1.165, 1.54) is 18.9 Å². The number of carbonyl (C=O) groups is 1. The summed E-state index contributed by atoms with van der Waals surface area (Å²) in [4.78, 5) is 18.6. The SMILES string of the molecule is COc1ccc2ncc(CN)c(C(F)CCC3(CC(=O)O)CCN(CCSc4cc(F)c(F)c(F)c4)CC3)c2c1. The second-order valence-electron chi connectivity index (χ2n) is 10.3. The number of benzene rings is 2. The molecule has 0 spiro atoms. The van der Waals surface area contributed by atoms with Crippen molar-refractivity contribution in [3.8, 4) is 5.75 Å². The summed E-state index contributed by atoms with van der Waals surface area (Å²) < 4.78 is 61.4. The molecule has 0 amide bonds. The maximum absolute atomic E-state index is 15.9. The number of nitrogens with zero attached hydrogens (tertiary/aromatic N) is 2. The molecule has 1 aliphatic rings. The average Bonchev–Trinajstić information content (AvgIpc) is 2.94. The Morgan fingerprint density at radius 1 is 1.20 bits per heavy atom. The largest absolute Gasteiger partial charge is 0.497 e. The molecular formula is C29H33F4N3O3S. The Bertz CT molecular complexity index is 1320. The van der Waals surface area contributed by atoms with E-state index in [1.54, 1.807) is 24.4 Å². The molecule has 0 aliphatic carbocycles.